The van der Waals surface area contributed by atoms with Crippen molar-refractivity contribution in [2.24, 2.45) is 0 Å². The van der Waals surface area contributed by atoms with Crippen molar-refractivity contribution in [3.05, 3.63) is 123 Å². The number of unbranched alkanes of at least 4 members (excludes halogenated alkanes) is 2. The van der Waals surface area contributed by atoms with Crippen molar-refractivity contribution in [2.75, 3.05) is 0 Å². The van der Waals surface area contributed by atoms with Crippen LogP contribution < -0.4 is 10.6 Å². The van der Waals surface area contributed by atoms with Crippen LogP contribution in [0, 0.1) is 0 Å². The first kappa shape index (κ1) is 31.2. The number of amides is 2. The molecule has 8 nitrogen and oxygen atoms in total. The molecule has 0 bridgehead atoms. The Hall–Kier alpha value is -4.76. The van der Waals surface area contributed by atoms with E-state index >= 15 is 0 Å². The molecule has 0 spiro atoms. The molecule has 0 saturated heterocycles. The smallest absolute Gasteiger partial charge is 0.339 e. The van der Waals surface area contributed by atoms with Crippen LogP contribution in [-0.4, -0.2) is 33.0 Å². The average molecular weight is 598 g/mol. The quantitative estimate of drug-likeness (QED) is 0.102. The number of aryl methyl sites for hydroxylation is 1. The second-order valence-corrected chi connectivity index (χ2v) is 11.1. The summed E-state index contributed by atoms with van der Waals surface area (Å²) in [5.41, 5.74) is 4.52. The fourth-order valence-corrected chi connectivity index (χ4v) is 5.28. The van der Waals surface area contributed by atoms with Gasteiger partial charge in [-0.25, -0.2) is 9.78 Å². The predicted molar refractivity (Wildman–Crippen MR) is 168 cm³/mol. The molecular weight excluding hydrogens is 562 g/mol. The average Bonchev–Trinajstić information content (AvgIpc) is 3.49. The number of hydrogen-bond acceptors (Lipinski definition) is 6. The van der Waals surface area contributed by atoms with E-state index in [2.05, 4.69) is 34.7 Å². The maximum atomic E-state index is 12.9. The number of thiazole rings is 1. The molecule has 43 heavy (non-hydrogen) atoms. The van der Waals surface area contributed by atoms with Crippen LogP contribution in [0.25, 0.3) is 5.57 Å². The molecule has 2 amide bonds. The van der Waals surface area contributed by atoms with Crippen molar-refractivity contribution in [3.8, 4) is 5.75 Å². The fraction of sp³-hybridized carbons (Fsp3) is 0.235. The van der Waals surface area contributed by atoms with Crippen molar-refractivity contribution in [3.63, 3.8) is 0 Å². The first-order valence-electron chi connectivity index (χ1n) is 14.2. The summed E-state index contributed by atoms with van der Waals surface area (Å²) >= 11 is 1.35. The summed E-state index contributed by atoms with van der Waals surface area (Å²) < 4.78 is 0. The number of aromatic nitrogens is 1. The number of aromatic carboxylic acids is 1. The number of carboxylic acids is 1. The Balaban J connectivity index is 1.38. The van der Waals surface area contributed by atoms with Crippen LogP contribution >= 0.6 is 11.3 Å². The number of hydrogen-bond donors (Lipinski definition) is 4. The van der Waals surface area contributed by atoms with Gasteiger partial charge in [-0.1, -0.05) is 80.4 Å². The van der Waals surface area contributed by atoms with E-state index in [1.54, 1.807) is 11.4 Å². The lowest BCUT2D eigenvalue weighted by atomic mass is 10.0. The van der Waals surface area contributed by atoms with Crippen LogP contribution in [0.15, 0.2) is 84.3 Å². The molecule has 1 aromatic heterocycles. The molecule has 0 aliphatic carbocycles. The number of benzene rings is 3. The second kappa shape index (κ2) is 15.5. The van der Waals surface area contributed by atoms with Crippen LogP contribution in [0.3, 0.4) is 0 Å². The monoisotopic (exact) mass is 597 g/mol. The van der Waals surface area contributed by atoms with Gasteiger partial charge >= 0.3 is 5.97 Å². The van der Waals surface area contributed by atoms with E-state index in [1.807, 2.05) is 42.5 Å². The van der Waals surface area contributed by atoms with E-state index in [4.69, 9.17) is 0 Å². The van der Waals surface area contributed by atoms with Crippen LogP contribution in [-0.2, 0) is 30.7 Å². The lowest BCUT2D eigenvalue weighted by Crippen LogP contribution is -2.23. The number of aromatic hydroxyl groups is 1. The summed E-state index contributed by atoms with van der Waals surface area (Å²) in [6.07, 6.45) is 6.50. The van der Waals surface area contributed by atoms with E-state index in [0.717, 1.165) is 23.1 Å². The standard InChI is InChI=1S/C34H35N3O5S/c1-2-3-5-8-23-11-13-24(14-12-23)20-36-33(40)29-22-43-32(37-29)19-27(26-9-6-4-7-10-26)18-31(39)35-21-25-15-16-30(38)28(17-25)34(41)42/h4,6-7,9-18,22,38H,2-3,5,8,19-21H2,1H3,(H,35,39)(H,36,40)(H,41,42)/b27-18+. The largest absolute Gasteiger partial charge is 0.507 e. The molecule has 0 saturated carbocycles. The Labute approximate surface area is 255 Å². The SMILES string of the molecule is CCCCCc1ccc(CNC(=O)c2csc(C/C(=C\C(=O)NCc3ccc(O)c(C(=O)O)c3)c3ccccc3)n2)cc1. The first-order chi connectivity index (χ1) is 20.8. The normalized spacial score (nSPS) is 11.2. The lowest BCUT2D eigenvalue weighted by molar-refractivity contribution is -0.116. The Morgan fingerprint density at radius 2 is 1.58 bits per heavy atom. The molecule has 4 rings (SSSR count). The van der Waals surface area contributed by atoms with Gasteiger partial charge in [-0.15, -0.1) is 11.3 Å². The van der Waals surface area contributed by atoms with Gasteiger partial charge in [-0.3, -0.25) is 9.59 Å². The number of rotatable bonds is 14. The number of carboxylic acid groups (broad SMARTS) is 1. The number of nitrogens with one attached hydrogen (secondary N) is 2. The molecule has 222 valence electrons. The highest BCUT2D eigenvalue weighted by Gasteiger charge is 2.14. The molecule has 9 heteroatoms. The second-order valence-electron chi connectivity index (χ2n) is 10.2. The topological polar surface area (TPSA) is 129 Å². The fourth-order valence-electron chi connectivity index (χ4n) is 4.49. The van der Waals surface area contributed by atoms with Crippen LogP contribution in [0.5, 0.6) is 5.75 Å². The summed E-state index contributed by atoms with van der Waals surface area (Å²) in [5.74, 6) is -2.21. The molecule has 0 aliphatic rings. The zero-order chi connectivity index (χ0) is 30.6. The van der Waals surface area contributed by atoms with Gasteiger partial charge in [-0.2, -0.15) is 0 Å². The van der Waals surface area contributed by atoms with Crippen molar-refractivity contribution in [2.45, 2.75) is 52.1 Å². The molecular formula is C34H35N3O5S. The van der Waals surface area contributed by atoms with Crippen molar-refractivity contribution in [1.29, 1.82) is 0 Å². The first-order valence-corrected chi connectivity index (χ1v) is 15.1. The zero-order valence-corrected chi connectivity index (χ0v) is 24.8. The molecule has 1 heterocycles. The van der Waals surface area contributed by atoms with E-state index < -0.39 is 5.97 Å². The highest BCUT2D eigenvalue weighted by Crippen LogP contribution is 2.23. The van der Waals surface area contributed by atoms with Gasteiger partial charge in [0.2, 0.25) is 5.91 Å². The van der Waals surface area contributed by atoms with Gasteiger partial charge in [0.25, 0.3) is 5.91 Å². The zero-order valence-electron chi connectivity index (χ0n) is 24.0. The van der Waals surface area contributed by atoms with Crippen molar-refractivity contribution < 1.29 is 24.6 Å². The molecule has 4 aromatic rings. The van der Waals surface area contributed by atoms with E-state index in [0.29, 0.717) is 29.2 Å². The molecule has 4 N–H and O–H groups in total. The summed E-state index contributed by atoms with van der Waals surface area (Å²) in [4.78, 5) is 41.5. The summed E-state index contributed by atoms with van der Waals surface area (Å²) in [7, 11) is 0. The minimum absolute atomic E-state index is 0.0844. The third kappa shape index (κ3) is 9.37. The number of carbonyl (C=O) groups is 3. The Bertz CT molecular complexity index is 1580. The van der Waals surface area contributed by atoms with Gasteiger partial charge in [-0.05, 0) is 52.8 Å². The Morgan fingerprint density at radius 1 is 0.884 bits per heavy atom. The minimum atomic E-state index is -1.25. The van der Waals surface area contributed by atoms with Crippen LogP contribution in [0.1, 0.15) is 74.3 Å². The summed E-state index contributed by atoms with van der Waals surface area (Å²) in [6.45, 7) is 2.69. The highest BCUT2D eigenvalue weighted by atomic mass is 32.1. The van der Waals surface area contributed by atoms with Gasteiger partial charge in [0.05, 0.1) is 5.01 Å². The lowest BCUT2D eigenvalue weighted by Gasteiger charge is -2.09. The number of allylic oxidation sites excluding steroid dienone is 1. The van der Waals surface area contributed by atoms with Crippen molar-refractivity contribution in [1.82, 2.24) is 15.6 Å². The number of carbonyl (C=O) groups excluding carboxylic acids is 2. The predicted octanol–water partition coefficient (Wildman–Crippen LogP) is 6.15. The van der Waals surface area contributed by atoms with E-state index in [-0.39, 0.29) is 29.7 Å². The Morgan fingerprint density at radius 3 is 2.30 bits per heavy atom. The molecule has 0 fully saturated rings. The summed E-state index contributed by atoms with van der Waals surface area (Å²) in [6, 6.07) is 21.9. The van der Waals surface area contributed by atoms with Gasteiger partial charge in [0.1, 0.15) is 17.0 Å². The molecule has 0 aliphatic heterocycles. The third-order valence-corrected chi connectivity index (χ3v) is 7.73. The third-order valence-electron chi connectivity index (χ3n) is 6.88. The van der Waals surface area contributed by atoms with Crippen LogP contribution in [0.2, 0.25) is 0 Å². The molecule has 0 radical (unpaired) electrons. The van der Waals surface area contributed by atoms with Gasteiger partial charge < -0.3 is 20.8 Å². The van der Waals surface area contributed by atoms with Gasteiger partial charge in [0.15, 0.2) is 0 Å². The highest BCUT2D eigenvalue weighted by molar-refractivity contribution is 7.09. The minimum Gasteiger partial charge on any atom is -0.507 e. The van der Waals surface area contributed by atoms with E-state index in [9.17, 15) is 24.6 Å². The van der Waals surface area contributed by atoms with Gasteiger partial charge in [0, 0.05) is 31.0 Å². The Kier molecular flexibility index (Phi) is 11.2. The van der Waals surface area contributed by atoms with E-state index in [1.165, 1.54) is 54.4 Å². The molecule has 3 aromatic carbocycles. The number of nitrogens with zero attached hydrogens (tertiary/aromatic N) is 1. The maximum absolute atomic E-state index is 12.9. The number of phenols is 1. The van der Waals surface area contributed by atoms with Crippen molar-refractivity contribution >= 4 is 34.7 Å². The van der Waals surface area contributed by atoms with Crippen LogP contribution in [0.4, 0.5) is 0 Å². The summed E-state index contributed by atoms with van der Waals surface area (Å²) in [5, 5.41) is 27.1. The molecule has 0 unspecified atom stereocenters. The maximum Gasteiger partial charge on any atom is 0.339 e. The molecule has 0 atom stereocenters.